The van der Waals surface area contributed by atoms with Crippen molar-refractivity contribution in [3.63, 3.8) is 0 Å². The largest absolute Gasteiger partial charge is 0.489 e. The summed E-state index contributed by atoms with van der Waals surface area (Å²) in [6.45, 7) is 1.60. The molecule has 6 nitrogen and oxygen atoms in total. The van der Waals surface area contributed by atoms with Gasteiger partial charge in [-0.3, -0.25) is 4.79 Å². The van der Waals surface area contributed by atoms with Crippen LogP contribution in [0.15, 0.2) is 53.1 Å². The fourth-order valence-corrected chi connectivity index (χ4v) is 2.83. The van der Waals surface area contributed by atoms with Crippen molar-refractivity contribution in [2.24, 2.45) is 0 Å². The van der Waals surface area contributed by atoms with Crippen molar-refractivity contribution < 1.29 is 27.6 Å². The van der Waals surface area contributed by atoms with E-state index < -0.39 is 6.61 Å². The fourth-order valence-electron chi connectivity index (χ4n) is 2.83. The van der Waals surface area contributed by atoms with Gasteiger partial charge in [-0.2, -0.15) is 8.78 Å². The van der Waals surface area contributed by atoms with Gasteiger partial charge in [0.25, 0.3) is 5.91 Å². The van der Waals surface area contributed by atoms with Gasteiger partial charge in [0.2, 0.25) is 0 Å². The molecule has 8 heteroatoms. The normalized spacial score (nSPS) is 10.8. The Morgan fingerprint density at radius 2 is 1.73 bits per heavy atom. The van der Waals surface area contributed by atoms with E-state index >= 15 is 0 Å². The van der Waals surface area contributed by atoms with Gasteiger partial charge in [0, 0.05) is 12.1 Å². The van der Waals surface area contributed by atoms with E-state index in [0.29, 0.717) is 30.9 Å². The number of carbonyl (C=O) groups is 1. The van der Waals surface area contributed by atoms with Crippen LogP contribution < -0.4 is 14.8 Å². The SMILES string of the molecule is Cc1noc(C)c1COc1ccc(C(=O)NCCc2ccc(OC(F)F)cc2)cc1. The second kappa shape index (κ2) is 9.87. The summed E-state index contributed by atoms with van der Waals surface area (Å²) in [6, 6.07) is 13.2. The molecule has 1 N–H and O–H groups in total. The zero-order valence-corrected chi connectivity index (χ0v) is 16.7. The average Bonchev–Trinajstić information content (AvgIpc) is 3.05. The van der Waals surface area contributed by atoms with E-state index in [9.17, 15) is 13.6 Å². The Bertz CT molecular complexity index is 950. The Hall–Kier alpha value is -3.42. The van der Waals surface area contributed by atoms with Crippen molar-refractivity contribution in [2.75, 3.05) is 6.54 Å². The molecule has 0 bridgehead atoms. The van der Waals surface area contributed by atoms with Gasteiger partial charge in [0.1, 0.15) is 23.9 Å². The number of nitrogens with zero attached hydrogens (tertiary/aromatic N) is 1. The molecule has 0 saturated carbocycles. The van der Waals surface area contributed by atoms with Crippen LogP contribution >= 0.6 is 0 Å². The highest BCUT2D eigenvalue weighted by molar-refractivity contribution is 5.94. The van der Waals surface area contributed by atoms with Gasteiger partial charge in [0.05, 0.1) is 11.3 Å². The van der Waals surface area contributed by atoms with Crippen LogP contribution in [0, 0.1) is 13.8 Å². The van der Waals surface area contributed by atoms with Crippen LogP contribution in [0.1, 0.15) is 32.9 Å². The summed E-state index contributed by atoms with van der Waals surface area (Å²) in [4.78, 5) is 12.3. The first-order valence-corrected chi connectivity index (χ1v) is 9.39. The first-order valence-electron chi connectivity index (χ1n) is 9.39. The monoisotopic (exact) mass is 416 g/mol. The third-order valence-electron chi connectivity index (χ3n) is 4.53. The predicted molar refractivity (Wildman–Crippen MR) is 106 cm³/mol. The van der Waals surface area contributed by atoms with E-state index in [-0.39, 0.29) is 11.7 Å². The second-order valence-electron chi connectivity index (χ2n) is 6.64. The first kappa shape index (κ1) is 21.3. The summed E-state index contributed by atoms with van der Waals surface area (Å²) < 4.78 is 39.5. The van der Waals surface area contributed by atoms with Crippen LogP contribution in [-0.2, 0) is 13.0 Å². The molecule has 2 aromatic carbocycles. The summed E-state index contributed by atoms with van der Waals surface area (Å²) in [5.74, 6) is 1.26. The molecular weight excluding hydrogens is 394 g/mol. The lowest BCUT2D eigenvalue weighted by Crippen LogP contribution is -2.25. The Morgan fingerprint density at radius 1 is 1.07 bits per heavy atom. The number of rotatable bonds is 9. The van der Waals surface area contributed by atoms with Crippen LogP contribution in [-0.4, -0.2) is 24.2 Å². The van der Waals surface area contributed by atoms with Crippen molar-refractivity contribution in [2.45, 2.75) is 33.5 Å². The quantitative estimate of drug-likeness (QED) is 0.558. The summed E-state index contributed by atoms with van der Waals surface area (Å²) >= 11 is 0. The molecule has 1 heterocycles. The molecule has 1 aromatic heterocycles. The second-order valence-corrected chi connectivity index (χ2v) is 6.64. The van der Waals surface area contributed by atoms with Crippen LogP contribution in [0.4, 0.5) is 8.78 Å². The zero-order chi connectivity index (χ0) is 21.5. The number of nitrogens with one attached hydrogen (secondary N) is 1. The van der Waals surface area contributed by atoms with Crippen molar-refractivity contribution in [1.29, 1.82) is 0 Å². The Morgan fingerprint density at radius 3 is 2.33 bits per heavy atom. The maximum atomic E-state index is 12.3. The van der Waals surface area contributed by atoms with Crippen molar-refractivity contribution in [3.8, 4) is 11.5 Å². The van der Waals surface area contributed by atoms with Crippen molar-refractivity contribution in [1.82, 2.24) is 10.5 Å². The lowest BCUT2D eigenvalue weighted by molar-refractivity contribution is -0.0498. The Balaban J connectivity index is 1.45. The Labute approximate surface area is 172 Å². The molecule has 0 aliphatic heterocycles. The van der Waals surface area contributed by atoms with E-state index in [1.165, 1.54) is 12.1 Å². The number of carbonyl (C=O) groups excluding carboxylic acids is 1. The molecule has 0 saturated heterocycles. The fraction of sp³-hybridized carbons (Fsp3) is 0.273. The standard InChI is InChI=1S/C22H22F2N2O4/c1-14-20(15(2)30-26-14)13-28-18-9-5-17(6-10-18)21(27)25-12-11-16-3-7-19(8-4-16)29-22(23)24/h3-10,22H,11-13H2,1-2H3,(H,25,27). The molecular formula is C22H22F2N2O4. The molecule has 1 amide bonds. The van der Waals surface area contributed by atoms with Crippen molar-refractivity contribution >= 4 is 5.91 Å². The number of alkyl halides is 2. The van der Waals surface area contributed by atoms with Crippen LogP contribution in [0.25, 0.3) is 0 Å². The van der Waals surface area contributed by atoms with Gasteiger partial charge >= 0.3 is 6.61 Å². The van der Waals surface area contributed by atoms with Gasteiger partial charge in [-0.15, -0.1) is 0 Å². The van der Waals surface area contributed by atoms with Crippen LogP contribution in [0.5, 0.6) is 11.5 Å². The zero-order valence-electron chi connectivity index (χ0n) is 16.7. The highest BCUT2D eigenvalue weighted by Gasteiger charge is 2.10. The highest BCUT2D eigenvalue weighted by atomic mass is 19.3. The van der Waals surface area contributed by atoms with E-state index in [4.69, 9.17) is 9.26 Å². The van der Waals surface area contributed by atoms with Crippen LogP contribution in [0.3, 0.4) is 0 Å². The average molecular weight is 416 g/mol. The van der Waals surface area contributed by atoms with Crippen LogP contribution in [0.2, 0.25) is 0 Å². The smallest absolute Gasteiger partial charge is 0.387 e. The number of aryl methyl sites for hydroxylation is 2. The minimum absolute atomic E-state index is 0.106. The van der Waals surface area contributed by atoms with Gasteiger partial charge in [-0.1, -0.05) is 17.3 Å². The minimum Gasteiger partial charge on any atom is -0.489 e. The van der Waals surface area contributed by atoms with Gasteiger partial charge < -0.3 is 19.3 Å². The van der Waals surface area contributed by atoms with Gasteiger partial charge in [-0.05, 0) is 62.2 Å². The molecule has 3 rings (SSSR count). The van der Waals surface area contributed by atoms with Gasteiger partial charge in [-0.25, -0.2) is 0 Å². The molecule has 0 unspecified atom stereocenters. The highest BCUT2D eigenvalue weighted by Crippen LogP contribution is 2.18. The van der Waals surface area contributed by atoms with Crippen molar-refractivity contribution in [3.05, 3.63) is 76.7 Å². The molecule has 0 aliphatic carbocycles. The molecule has 0 aliphatic rings. The third kappa shape index (κ3) is 5.79. The maximum absolute atomic E-state index is 12.3. The number of hydrogen-bond donors (Lipinski definition) is 1. The third-order valence-corrected chi connectivity index (χ3v) is 4.53. The summed E-state index contributed by atoms with van der Waals surface area (Å²) in [5.41, 5.74) is 3.12. The van der Waals surface area contributed by atoms with E-state index in [2.05, 4.69) is 15.2 Å². The number of halogens is 2. The molecule has 0 fully saturated rings. The predicted octanol–water partition coefficient (Wildman–Crippen LogP) is 4.44. The van der Waals surface area contributed by atoms with Gasteiger partial charge in [0.15, 0.2) is 0 Å². The number of ether oxygens (including phenoxy) is 2. The Kier molecular flexibility index (Phi) is 7.00. The summed E-state index contributed by atoms with van der Waals surface area (Å²) in [7, 11) is 0. The number of aromatic nitrogens is 1. The lowest BCUT2D eigenvalue weighted by Gasteiger charge is -2.09. The molecule has 0 atom stereocenters. The topological polar surface area (TPSA) is 73.6 Å². The first-order chi connectivity index (χ1) is 14.4. The number of benzene rings is 2. The maximum Gasteiger partial charge on any atom is 0.387 e. The van der Waals surface area contributed by atoms with E-state index in [1.54, 1.807) is 36.4 Å². The molecule has 158 valence electrons. The molecule has 30 heavy (non-hydrogen) atoms. The molecule has 0 spiro atoms. The molecule has 0 radical (unpaired) electrons. The van der Waals surface area contributed by atoms with E-state index in [1.807, 2.05) is 13.8 Å². The number of amides is 1. The lowest BCUT2D eigenvalue weighted by atomic mass is 10.1. The number of hydrogen-bond acceptors (Lipinski definition) is 5. The molecule has 3 aromatic rings. The summed E-state index contributed by atoms with van der Waals surface area (Å²) in [5, 5.41) is 6.72. The van der Waals surface area contributed by atoms with E-state index in [0.717, 1.165) is 22.6 Å². The summed E-state index contributed by atoms with van der Waals surface area (Å²) in [6.07, 6.45) is 0.569. The minimum atomic E-state index is -2.84.